The second-order valence-corrected chi connectivity index (χ2v) is 5.90. The zero-order valence-corrected chi connectivity index (χ0v) is 12.4. The maximum absolute atomic E-state index is 12.7. The highest BCUT2D eigenvalue weighted by molar-refractivity contribution is 7.99. The Bertz CT molecular complexity index is 754. The quantitative estimate of drug-likeness (QED) is 0.626. The number of nitrogens with zero attached hydrogens (tertiary/aromatic N) is 1. The van der Waals surface area contributed by atoms with Crippen molar-refractivity contribution in [3.63, 3.8) is 0 Å². The SMILES string of the molecule is O=C1c2ccccc2C(=O)N1CSc1cccc(C(F)(F)F)c1. The topological polar surface area (TPSA) is 37.4 Å². The number of halogens is 3. The maximum atomic E-state index is 12.7. The molecule has 1 aliphatic rings. The summed E-state index contributed by atoms with van der Waals surface area (Å²) in [6.07, 6.45) is -4.42. The monoisotopic (exact) mass is 337 g/mol. The summed E-state index contributed by atoms with van der Waals surface area (Å²) in [6, 6.07) is 11.2. The van der Waals surface area contributed by atoms with E-state index in [1.807, 2.05) is 0 Å². The molecule has 0 aliphatic carbocycles. The molecule has 0 aromatic heterocycles. The first kappa shape index (κ1) is 15.6. The number of benzene rings is 2. The summed E-state index contributed by atoms with van der Waals surface area (Å²) in [5.41, 5.74) is -0.117. The molecule has 0 saturated carbocycles. The number of carbonyl (C=O) groups is 2. The molecule has 2 amide bonds. The smallest absolute Gasteiger partial charge is 0.269 e. The number of amides is 2. The van der Waals surface area contributed by atoms with Crippen LogP contribution in [0.4, 0.5) is 13.2 Å². The minimum absolute atomic E-state index is 0.0341. The predicted octanol–water partition coefficient (Wildman–Crippen LogP) is 4.05. The van der Waals surface area contributed by atoms with Gasteiger partial charge in [-0.25, -0.2) is 0 Å². The van der Waals surface area contributed by atoms with Crippen LogP contribution >= 0.6 is 11.8 Å². The van der Waals surface area contributed by atoms with Crippen molar-refractivity contribution in [1.82, 2.24) is 4.90 Å². The van der Waals surface area contributed by atoms with E-state index in [1.54, 1.807) is 24.3 Å². The molecule has 3 nitrogen and oxygen atoms in total. The zero-order valence-electron chi connectivity index (χ0n) is 11.6. The molecule has 2 aromatic carbocycles. The van der Waals surface area contributed by atoms with Gasteiger partial charge in [-0.3, -0.25) is 14.5 Å². The Morgan fingerprint density at radius 1 is 0.913 bits per heavy atom. The molecule has 1 heterocycles. The van der Waals surface area contributed by atoms with E-state index in [-0.39, 0.29) is 5.88 Å². The Morgan fingerprint density at radius 2 is 1.52 bits per heavy atom. The van der Waals surface area contributed by atoms with Gasteiger partial charge in [0.15, 0.2) is 0 Å². The average molecular weight is 337 g/mol. The zero-order chi connectivity index (χ0) is 16.6. The number of thioether (sulfide) groups is 1. The van der Waals surface area contributed by atoms with E-state index >= 15 is 0 Å². The van der Waals surface area contributed by atoms with Crippen molar-refractivity contribution in [1.29, 1.82) is 0 Å². The van der Waals surface area contributed by atoms with E-state index in [0.29, 0.717) is 16.0 Å². The molecule has 0 unspecified atom stereocenters. The third kappa shape index (κ3) is 2.96. The number of hydrogen-bond donors (Lipinski definition) is 0. The van der Waals surface area contributed by atoms with Gasteiger partial charge in [-0.15, -0.1) is 11.8 Å². The van der Waals surface area contributed by atoms with Gasteiger partial charge >= 0.3 is 6.18 Å². The molecule has 1 aliphatic heterocycles. The van der Waals surface area contributed by atoms with Gasteiger partial charge in [0.1, 0.15) is 0 Å². The normalized spacial score (nSPS) is 14.3. The van der Waals surface area contributed by atoms with Crippen molar-refractivity contribution >= 4 is 23.6 Å². The van der Waals surface area contributed by atoms with Crippen LogP contribution in [-0.4, -0.2) is 22.6 Å². The number of hydrogen-bond acceptors (Lipinski definition) is 3. The number of alkyl halides is 3. The molecule has 0 N–H and O–H groups in total. The van der Waals surface area contributed by atoms with Gasteiger partial charge in [0.2, 0.25) is 0 Å². The van der Waals surface area contributed by atoms with Crippen LogP contribution in [0, 0.1) is 0 Å². The van der Waals surface area contributed by atoms with Gasteiger partial charge in [0.25, 0.3) is 11.8 Å². The standard InChI is InChI=1S/C16H10F3NO2S/c17-16(18,19)10-4-3-5-11(8-10)23-9-20-14(21)12-6-1-2-7-13(12)15(20)22/h1-8H,9H2. The van der Waals surface area contributed by atoms with Gasteiger partial charge in [-0.2, -0.15) is 13.2 Å². The van der Waals surface area contributed by atoms with Crippen molar-refractivity contribution in [2.75, 3.05) is 5.88 Å². The van der Waals surface area contributed by atoms with Crippen LogP contribution in [0.15, 0.2) is 53.4 Å². The lowest BCUT2D eigenvalue weighted by Crippen LogP contribution is -2.29. The van der Waals surface area contributed by atoms with Crippen LogP contribution in [-0.2, 0) is 6.18 Å². The van der Waals surface area contributed by atoms with Crippen molar-refractivity contribution < 1.29 is 22.8 Å². The van der Waals surface area contributed by atoms with Gasteiger partial charge in [0, 0.05) is 4.90 Å². The minimum atomic E-state index is -4.42. The molecule has 118 valence electrons. The van der Waals surface area contributed by atoms with E-state index < -0.39 is 23.6 Å². The first-order valence-electron chi connectivity index (χ1n) is 6.63. The molecular weight excluding hydrogens is 327 g/mol. The summed E-state index contributed by atoms with van der Waals surface area (Å²) in [6.45, 7) is 0. The molecule has 0 fully saturated rings. The Hall–Kier alpha value is -2.28. The lowest BCUT2D eigenvalue weighted by Gasteiger charge is -2.14. The first-order valence-corrected chi connectivity index (χ1v) is 7.62. The highest BCUT2D eigenvalue weighted by Crippen LogP contribution is 2.33. The Morgan fingerprint density at radius 3 is 2.09 bits per heavy atom. The number of fused-ring (bicyclic) bond motifs is 1. The van der Waals surface area contributed by atoms with Crippen LogP contribution < -0.4 is 0 Å². The Balaban J connectivity index is 1.75. The molecular formula is C16H10F3NO2S. The minimum Gasteiger partial charge on any atom is -0.269 e. The average Bonchev–Trinajstić information content (AvgIpc) is 2.77. The fourth-order valence-electron chi connectivity index (χ4n) is 2.26. The van der Waals surface area contributed by atoms with Gasteiger partial charge in [-0.1, -0.05) is 18.2 Å². The molecule has 0 atom stereocenters. The fraction of sp³-hybridized carbons (Fsp3) is 0.125. The van der Waals surface area contributed by atoms with E-state index in [9.17, 15) is 22.8 Å². The molecule has 0 spiro atoms. The molecule has 0 bridgehead atoms. The summed E-state index contributed by atoms with van der Waals surface area (Å²) >= 11 is 1.01. The van der Waals surface area contributed by atoms with Crippen LogP contribution in [0.5, 0.6) is 0 Å². The van der Waals surface area contributed by atoms with E-state index in [0.717, 1.165) is 28.8 Å². The van der Waals surface area contributed by atoms with Crippen molar-refractivity contribution in [3.8, 4) is 0 Å². The second kappa shape index (κ2) is 5.73. The summed E-state index contributed by atoms with van der Waals surface area (Å²) in [5.74, 6) is -0.886. The van der Waals surface area contributed by atoms with Crippen LogP contribution in [0.1, 0.15) is 26.3 Å². The van der Waals surface area contributed by atoms with Gasteiger partial charge in [0.05, 0.1) is 22.6 Å². The Kier molecular flexibility index (Phi) is 3.89. The second-order valence-electron chi connectivity index (χ2n) is 4.88. The van der Waals surface area contributed by atoms with Gasteiger partial charge in [-0.05, 0) is 30.3 Å². The lowest BCUT2D eigenvalue weighted by molar-refractivity contribution is -0.137. The van der Waals surface area contributed by atoms with Crippen molar-refractivity contribution in [3.05, 3.63) is 65.2 Å². The van der Waals surface area contributed by atoms with Crippen molar-refractivity contribution in [2.24, 2.45) is 0 Å². The number of rotatable bonds is 3. The molecule has 0 radical (unpaired) electrons. The highest BCUT2D eigenvalue weighted by atomic mass is 32.2. The fourth-order valence-corrected chi connectivity index (χ4v) is 3.16. The molecule has 0 saturated heterocycles. The molecule has 2 aromatic rings. The third-order valence-electron chi connectivity index (χ3n) is 3.40. The lowest BCUT2D eigenvalue weighted by atomic mass is 10.1. The third-order valence-corrected chi connectivity index (χ3v) is 4.37. The molecule has 23 heavy (non-hydrogen) atoms. The van der Waals surface area contributed by atoms with E-state index in [1.165, 1.54) is 12.1 Å². The number of imide groups is 1. The largest absolute Gasteiger partial charge is 0.416 e. The summed E-state index contributed by atoms with van der Waals surface area (Å²) in [4.78, 5) is 25.7. The summed E-state index contributed by atoms with van der Waals surface area (Å²) in [7, 11) is 0. The maximum Gasteiger partial charge on any atom is 0.416 e. The van der Waals surface area contributed by atoms with Crippen molar-refractivity contribution in [2.45, 2.75) is 11.1 Å². The molecule has 7 heteroatoms. The molecule has 3 rings (SSSR count). The Labute approximate surface area is 134 Å². The number of carbonyl (C=O) groups excluding carboxylic acids is 2. The highest BCUT2D eigenvalue weighted by Gasteiger charge is 2.35. The van der Waals surface area contributed by atoms with Gasteiger partial charge < -0.3 is 0 Å². The first-order chi connectivity index (χ1) is 10.9. The van der Waals surface area contributed by atoms with E-state index in [4.69, 9.17) is 0 Å². The predicted molar refractivity (Wildman–Crippen MR) is 79.1 cm³/mol. The van der Waals surface area contributed by atoms with E-state index in [2.05, 4.69) is 0 Å². The van der Waals surface area contributed by atoms with Crippen LogP contribution in [0.25, 0.3) is 0 Å². The van der Waals surface area contributed by atoms with Crippen LogP contribution in [0.3, 0.4) is 0 Å². The summed E-state index contributed by atoms with van der Waals surface area (Å²) in [5, 5.41) is 0. The van der Waals surface area contributed by atoms with Crippen LogP contribution in [0.2, 0.25) is 0 Å². The summed E-state index contributed by atoms with van der Waals surface area (Å²) < 4.78 is 38.1.